The predicted octanol–water partition coefficient (Wildman–Crippen LogP) is -2.24. The van der Waals surface area contributed by atoms with Gasteiger partial charge in [0.25, 0.3) is 0 Å². The molecule has 0 aromatic rings. The lowest BCUT2D eigenvalue weighted by molar-refractivity contribution is -0.319. The van der Waals surface area contributed by atoms with Gasteiger partial charge in [-0.05, 0) is 26.2 Å². The highest BCUT2D eigenvalue weighted by Gasteiger charge is 2.55. The average molecular weight is 625 g/mol. The summed E-state index contributed by atoms with van der Waals surface area (Å²) in [5.74, 6) is -8.32. The van der Waals surface area contributed by atoms with E-state index in [4.69, 9.17) is 23.7 Å². The Morgan fingerprint density at radius 3 is 1.67 bits per heavy atom. The second-order valence-corrected chi connectivity index (χ2v) is 12.4. The van der Waals surface area contributed by atoms with E-state index in [9.17, 15) is 59.7 Å². The number of ether oxygens (including phenoxy) is 5. The first-order valence-corrected chi connectivity index (χ1v) is 13.3. The van der Waals surface area contributed by atoms with Crippen LogP contribution in [0.1, 0.15) is 41.5 Å². The smallest absolute Gasteiger partial charge is 0.336 e. The fourth-order valence-corrected chi connectivity index (χ4v) is 5.06. The molecule has 7 N–H and O–H groups in total. The van der Waals surface area contributed by atoms with E-state index in [1.165, 1.54) is 0 Å². The third-order valence-electron chi connectivity index (χ3n) is 7.00. The summed E-state index contributed by atoms with van der Waals surface area (Å²) < 4.78 is 26.6. The van der Waals surface area contributed by atoms with Crippen molar-refractivity contribution in [2.24, 2.45) is 17.3 Å². The van der Waals surface area contributed by atoms with Crippen molar-refractivity contribution in [1.82, 2.24) is 0 Å². The second-order valence-electron chi connectivity index (χ2n) is 12.4. The molecule has 0 aromatic carbocycles. The predicted molar refractivity (Wildman–Crippen MR) is 137 cm³/mol. The van der Waals surface area contributed by atoms with Crippen LogP contribution in [0.15, 0.2) is 0 Å². The zero-order chi connectivity index (χ0) is 33.2. The maximum atomic E-state index is 12.1. The molecule has 17 heteroatoms. The Morgan fingerprint density at radius 1 is 0.744 bits per heavy atom. The Kier molecular flexibility index (Phi) is 11.9. The Bertz CT molecular complexity index is 1020. The van der Waals surface area contributed by atoms with Crippen LogP contribution >= 0.6 is 0 Å². The Labute approximate surface area is 246 Å². The van der Waals surface area contributed by atoms with Crippen LogP contribution in [-0.2, 0) is 47.7 Å². The maximum Gasteiger partial charge on any atom is 0.336 e. The summed E-state index contributed by atoms with van der Waals surface area (Å²) in [5, 5.41) is 71.8. The molecule has 2 fully saturated rings. The summed E-state index contributed by atoms with van der Waals surface area (Å²) in [4.78, 5) is 60.1. The summed E-state index contributed by atoms with van der Waals surface area (Å²) in [5.41, 5.74) is -1.88. The van der Waals surface area contributed by atoms with E-state index in [1.54, 1.807) is 41.5 Å². The highest BCUT2D eigenvalue weighted by atomic mass is 16.7. The molecule has 2 aliphatic heterocycles. The molecule has 43 heavy (non-hydrogen) atoms. The zero-order valence-corrected chi connectivity index (χ0v) is 24.4. The third kappa shape index (κ3) is 8.52. The standard InChI is InChI=1S/C26H40O17/c1-25(2,3)12-14(30)16(32)23(42-19(12)22(37)38)40-10(8-28)17(20(33)34)39-9(7-27)11-13(29)15(31)24(43-26(4,5)6)41-18(11)21(35)36/h7-19,23-24,29-32H,1-6H3,(H,33,34)(H,35,36)(H,37,38)/t9?,10?,11-,12-,13-,14-,15?,16?,17?,18?,19?,23-,24+/m1/s1. The lowest BCUT2D eigenvalue weighted by Crippen LogP contribution is -2.63. The molecule has 0 spiro atoms. The maximum absolute atomic E-state index is 12.1. The molecule has 0 radical (unpaired) electrons. The van der Waals surface area contributed by atoms with Gasteiger partial charge in [0.15, 0.2) is 43.3 Å². The van der Waals surface area contributed by atoms with Gasteiger partial charge in [0.05, 0.1) is 23.7 Å². The molecule has 0 aromatic heterocycles. The van der Waals surface area contributed by atoms with Crippen molar-refractivity contribution < 1.29 is 83.4 Å². The Morgan fingerprint density at radius 2 is 1.26 bits per heavy atom. The van der Waals surface area contributed by atoms with Gasteiger partial charge in [0.2, 0.25) is 0 Å². The van der Waals surface area contributed by atoms with Crippen LogP contribution in [0.5, 0.6) is 0 Å². The minimum absolute atomic E-state index is 0.0766. The summed E-state index contributed by atoms with van der Waals surface area (Å²) >= 11 is 0. The number of aldehydes is 2. The van der Waals surface area contributed by atoms with Crippen molar-refractivity contribution in [3.8, 4) is 0 Å². The van der Waals surface area contributed by atoms with Gasteiger partial charge >= 0.3 is 17.9 Å². The third-order valence-corrected chi connectivity index (χ3v) is 7.00. The number of rotatable bonds is 12. The number of aliphatic carboxylic acids is 3. The highest BCUT2D eigenvalue weighted by molar-refractivity contribution is 5.79. The van der Waals surface area contributed by atoms with Crippen LogP contribution in [0, 0.1) is 17.3 Å². The minimum Gasteiger partial charge on any atom is -0.479 e. The van der Waals surface area contributed by atoms with Gasteiger partial charge in [-0.15, -0.1) is 0 Å². The fourth-order valence-electron chi connectivity index (χ4n) is 5.06. The quantitative estimate of drug-likeness (QED) is 0.113. The number of hydrogen-bond donors (Lipinski definition) is 7. The van der Waals surface area contributed by atoms with Gasteiger partial charge < -0.3 is 69.0 Å². The van der Waals surface area contributed by atoms with E-state index in [2.05, 4.69) is 0 Å². The van der Waals surface area contributed by atoms with E-state index in [1.807, 2.05) is 0 Å². The number of carboxylic acids is 3. The van der Waals surface area contributed by atoms with Gasteiger partial charge in [-0.25, -0.2) is 14.4 Å². The summed E-state index contributed by atoms with van der Waals surface area (Å²) in [6.45, 7) is 9.41. The van der Waals surface area contributed by atoms with Gasteiger partial charge in [-0.2, -0.15) is 0 Å². The molecule has 7 unspecified atom stereocenters. The molecule has 2 aliphatic rings. The van der Waals surface area contributed by atoms with E-state index in [0.717, 1.165) is 0 Å². The zero-order valence-electron chi connectivity index (χ0n) is 24.4. The van der Waals surface area contributed by atoms with E-state index in [0.29, 0.717) is 0 Å². The number of aliphatic hydroxyl groups is 4. The molecular weight excluding hydrogens is 584 g/mol. The van der Waals surface area contributed by atoms with Crippen LogP contribution in [0.4, 0.5) is 0 Å². The Balaban J connectivity index is 2.36. The average Bonchev–Trinajstić information content (AvgIpc) is 2.87. The summed E-state index contributed by atoms with van der Waals surface area (Å²) in [7, 11) is 0. The summed E-state index contributed by atoms with van der Waals surface area (Å²) in [6.07, 6.45) is -22.4. The van der Waals surface area contributed by atoms with Crippen LogP contribution in [0.3, 0.4) is 0 Å². The van der Waals surface area contributed by atoms with Crippen molar-refractivity contribution in [3.63, 3.8) is 0 Å². The lowest BCUT2D eigenvalue weighted by atomic mass is 9.71. The number of carbonyl (C=O) groups excluding carboxylic acids is 2. The first kappa shape index (κ1) is 36.6. The van der Waals surface area contributed by atoms with E-state index < -0.39 is 108 Å². The monoisotopic (exact) mass is 624 g/mol. The van der Waals surface area contributed by atoms with E-state index in [-0.39, 0.29) is 12.6 Å². The minimum atomic E-state index is -2.44. The second kappa shape index (κ2) is 14.0. The van der Waals surface area contributed by atoms with Gasteiger partial charge in [-0.1, -0.05) is 20.8 Å². The van der Waals surface area contributed by atoms with Crippen molar-refractivity contribution in [2.75, 3.05) is 0 Å². The SMILES string of the molecule is CC(C)(C)O[C@@H]1OC(C(=O)O)[C@H](C(C=O)OC(C(=O)O)C(C=O)O[C@@H]2OC(C(=O)O)[C@H](C(C)(C)C)[C@@H](O)C2O)[C@@H](O)C1O. The van der Waals surface area contributed by atoms with Gasteiger partial charge in [0.1, 0.15) is 24.6 Å². The van der Waals surface area contributed by atoms with Crippen molar-refractivity contribution >= 4 is 30.5 Å². The molecule has 0 aliphatic carbocycles. The molecular formula is C26H40O17. The molecule has 2 heterocycles. The van der Waals surface area contributed by atoms with Gasteiger partial charge in [-0.3, -0.25) is 0 Å². The molecule has 17 nitrogen and oxygen atoms in total. The Hall–Kier alpha value is -2.61. The topological polar surface area (TPSA) is 273 Å². The van der Waals surface area contributed by atoms with Gasteiger partial charge in [0, 0.05) is 5.92 Å². The van der Waals surface area contributed by atoms with Crippen LogP contribution in [-0.4, -0.2) is 139 Å². The van der Waals surface area contributed by atoms with Crippen molar-refractivity contribution in [3.05, 3.63) is 0 Å². The molecule has 246 valence electrons. The molecule has 2 rings (SSSR count). The van der Waals surface area contributed by atoms with Crippen LogP contribution in [0.25, 0.3) is 0 Å². The fraction of sp³-hybridized carbons (Fsp3) is 0.808. The van der Waals surface area contributed by atoms with Crippen LogP contribution < -0.4 is 0 Å². The van der Waals surface area contributed by atoms with Crippen molar-refractivity contribution in [2.45, 2.75) is 115 Å². The lowest BCUT2D eigenvalue weighted by Gasteiger charge is -2.47. The molecule has 2 saturated heterocycles. The summed E-state index contributed by atoms with van der Waals surface area (Å²) in [6, 6.07) is 0. The number of hydrogen-bond acceptors (Lipinski definition) is 14. The first-order chi connectivity index (χ1) is 19.7. The molecule has 0 saturated carbocycles. The number of carboxylic acid groups (broad SMARTS) is 3. The van der Waals surface area contributed by atoms with E-state index >= 15 is 0 Å². The van der Waals surface area contributed by atoms with Crippen molar-refractivity contribution in [1.29, 1.82) is 0 Å². The largest absolute Gasteiger partial charge is 0.479 e. The first-order valence-electron chi connectivity index (χ1n) is 13.3. The normalized spacial score (nSPS) is 35.8. The molecule has 13 atom stereocenters. The highest BCUT2D eigenvalue weighted by Crippen LogP contribution is 2.40. The number of carbonyl (C=O) groups is 5. The van der Waals surface area contributed by atoms with Crippen LogP contribution in [0.2, 0.25) is 0 Å². The number of aliphatic hydroxyl groups excluding tert-OH is 4. The molecule has 0 amide bonds. The molecule has 0 bridgehead atoms.